The molecule has 0 aromatic carbocycles. The largest absolute Gasteiger partial charge is 0.366 e. The highest BCUT2D eigenvalue weighted by Crippen LogP contribution is 1.96. The summed E-state index contributed by atoms with van der Waals surface area (Å²) in [7, 11) is 0. The Labute approximate surface area is 64.1 Å². The fourth-order valence-electron chi connectivity index (χ4n) is 0.379. The lowest BCUT2D eigenvalue weighted by Gasteiger charge is -1.91. The topological polar surface area (TPSA) is 72.5 Å². The van der Waals surface area contributed by atoms with Gasteiger partial charge in [-0.1, -0.05) is 12.7 Å². The number of rotatable bonds is 4. The molecular weight excluding hydrogens is 144 g/mol. The average Bonchev–Trinajstić information content (AvgIpc) is 1.97. The van der Waals surface area contributed by atoms with E-state index in [4.69, 9.17) is 5.73 Å². The summed E-state index contributed by atoms with van der Waals surface area (Å²) < 4.78 is 0. The number of aliphatic imine (C=N–C) groups is 1. The number of isocyanates is 1. The molecule has 4 heteroatoms. The van der Waals surface area contributed by atoms with Crippen molar-refractivity contribution in [2.75, 3.05) is 0 Å². The van der Waals surface area contributed by atoms with Crippen LogP contribution in [-0.4, -0.2) is 12.0 Å². The lowest BCUT2D eigenvalue weighted by Crippen LogP contribution is -2.12. The molecule has 11 heavy (non-hydrogen) atoms. The number of allylic oxidation sites excluding steroid dienone is 1. The average molecular weight is 152 g/mol. The molecule has 0 heterocycles. The van der Waals surface area contributed by atoms with E-state index in [-0.39, 0.29) is 5.57 Å². The molecule has 0 atom stereocenters. The molecule has 0 aromatic heterocycles. The van der Waals surface area contributed by atoms with Gasteiger partial charge in [0.05, 0.1) is 0 Å². The van der Waals surface area contributed by atoms with Crippen LogP contribution in [0, 0.1) is 0 Å². The molecule has 0 unspecified atom stereocenters. The number of hydrogen-bond donors (Lipinski definition) is 1. The standard InChI is InChI=1S/C7H8N2O2/c1-6(7(8)11)3-2-4-9-5-10/h2,4H,1,3H2,(H2,8,11). The molecule has 1 amide bonds. The van der Waals surface area contributed by atoms with E-state index in [1.165, 1.54) is 18.4 Å². The van der Waals surface area contributed by atoms with Gasteiger partial charge in [-0.2, -0.15) is 4.99 Å². The van der Waals surface area contributed by atoms with Crippen LogP contribution in [0.1, 0.15) is 6.42 Å². The van der Waals surface area contributed by atoms with Crippen LogP contribution in [0.25, 0.3) is 0 Å². The summed E-state index contributed by atoms with van der Waals surface area (Å²) >= 11 is 0. The van der Waals surface area contributed by atoms with Crippen LogP contribution in [0.5, 0.6) is 0 Å². The SMILES string of the molecule is C=C(CC=CN=C=O)C(N)=O. The maximum atomic E-state index is 10.3. The van der Waals surface area contributed by atoms with Crippen LogP contribution in [0.15, 0.2) is 29.4 Å². The highest BCUT2D eigenvalue weighted by molar-refractivity contribution is 5.91. The molecule has 0 fully saturated rings. The molecule has 0 aromatic rings. The van der Waals surface area contributed by atoms with E-state index in [9.17, 15) is 9.59 Å². The third-order valence-corrected chi connectivity index (χ3v) is 0.945. The minimum atomic E-state index is -0.551. The van der Waals surface area contributed by atoms with Crippen LogP contribution >= 0.6 is 0 Å². The van der Waals surface area contributed by atoms with Gasteiger partial charge in [0.2, 0.25) is 12.0 Å². The lowest BCUT2D eigenvalue weighted by molar-refractivity contribution is -0.114. The predicted molar refractivity (Wildman–Crippen MR) is 40.2 cm³/mol. The maximum absolute atomic E-state index is 10.3. The number of nitrogens with zero attached hydrogens (tertiary/aromatic N) is 1. The van der Waals surface area contributed by atoms with Crippen LogP contribution in [-0.2, 0) is 9.59 Å². The zero-order valence-electron chi connectivity index (χ0n) is 5.91. The Morgan fingerprint density at radius 2 is 2.36 bits per heavy atom. The fourth-order valence-corrected chi connectivity index (χ4v) is 0.379. The normalized spacial score (nSPS) is 9.09. The molecule has 0 rings (SSSR count). The molecular formula is C7H8N2O2. The van der Waals surface area contributed by atoms with Crippen molar-refractivity contribution in [2.24, 2.45) is 10.7 Å². The smallest absolute Gasteiger partial charge is 0.244 e. The van der Waals surface area contributed by atoms with Crippen LogP contribution in [0.2, 0.25) is 0 Å². The van der Waals surface area contributed by atoms with Crippen molar-refractivity contribution in [3.63, 3.8) is 0 Å². The molecule has 0 aliphatic rings. The summed E-state index contributed by atoms with van der Waals surface area (Å²) in [6, 6.07) is 0. The number of amides is 1. The molecule has 0 spiro atoms. The van der Waals surface area contributed by atoms with Crippen molar-refractivity contribution in [1.82, 2.24) is 0 Å². The van der Waals surface area contributed by atoms with Crippen molar-refractivity contribution in [2.45, 2.75) is 6.42 Å². The number of carbonyl (C=O) groups excluding carboxylic acids is 2. The van der Waals surface area contributed by atoms with Gasteiger partial charge in [-0.25, -0.2) is 4.79 Å². The van der Waals surface area contributed by atoms with Gasteiger partial charge in [0.25, 0.3) is 0 Å². The monoisotopic (exact) mass is 152 g/mol. The van der Waals surface area contributed by atoms with E-state index in [1.54, 1.807) is 0 Å². The Morgan fingerprint density at radius 3 is 2.82 bits per heavy atom. The first-order valence-electron chi connectivity index (χ1n) is 2.88. The van der Waals surface area contributed by atoms with E-state index in [2.05, 4.69) is 11.6 Å². The highest BCUT2D eigenvalue weighted by Gasteiger charge is 1.96. The van der Waals surface area contributed by atoms with E-state index in [1.807, 2.05) is 0 Å². The summed E-state index contributed by atoms with van der Waals surface area (Å²) in [5.41, 5.74) is 5.15. The Morgan fingerprint density at radius 1 is 1.73 bits per heavy atom. The second-order valence-electron chi connectivity index (χ2n) is 1.78. The maximum Gasteiger partial charge on any atom is 0.244 e. The summed E-state index contributed by atoms with van der Waals surface area (Å²) in [4.78, 5) is 23.0. The molecule has 4 nitrogen and oxygen atoms in total. The first-order valence-corrected chi connectivity index (χ1v) is 2.88. The number of primary amides is 1. The Kier molecular flexibility index (Phi) is 4.36. The third kappa shape index (κ3) is 4.81. The third-order valence-electron chi connectivity index (χ3n) is 0.945. The Hall–Kier alpha value is -1.67. The van der Waals surface area contributed by atoms with E-state index in [0.717, 1.165) is 0 Å². The summed E-state index contributed by atoms with van der Waals surface area (Å²) in [5.74, 6) is -0.551. The van der Waals surface area contributed by atoms with Crippen LogP contribution in [0.3, 0.4) is 0 Å². The molecule has 0 radical (unpaired) electrons. The Bertz CT molecular complexity index is 237. The zero-order valence-corrected chi connectivity index (χ0v) is 5.91. The van der Waals surface area contributed by atoms with Gasteiger partial charge in [0, 0.05) is 11.8 Å². The van der Waals surface area contributed by atoms with Gasteiger partial charge in [-0.05, 0) is 6.42 Å². The van der Waals surface area contributed by atoms with E-state index < -0.39 is 5.91 Å². The van der Waals surface area contributed by atoms with Crippen molar-refractivity contribution in [3.05, 3.63) is 24.4 Å². The second-order valence-corrected chi connectivity index (χ2v) is 1.78. The van der Waals surface area contributed by atoms with Crippen molar-refractivity contribution in [3.8, 4) is 0 Å². The quantitative estimate of drug-likeness (QED) is 0.356. The number of carbonyl (C=O) groups is 1. The van der Waals surface area contributed by atoms with Gasteiger partial charge in [-0.3, -0.25) is 4.79 Å². The van der Waals surface area contributed by atoms with E-state index >= 15 is 0 Å². The van der Waals surface area contributed by atoms with Gasteiger partial charge < -0.3 is 5.73 Å². The molecule has 0 aliphatic heterocycles. The van der Waals surface area contributed by atoms with Gasteiger partial charge in [0.1, 0.15) is 0 Å². The Balaban J connectivity index is 3.79. The van der Waals surface area contributed by atoms with E-state index in [0.29, 0.717) is 6.42 Å². The molecule has 2 N–H and O–H groups in total. The van der Waals surface area contributed by atoms with Crippen molar-refractivity contribution in [1.29, 1.82) is 0 Å². The molecule has 58 valence electrons. The summed E-state index contributed by atoms with van der Waals surface area (Å²) in [5, 5.41) is 0. The molecule has 0 saturated heterocycles. The minimum absolute atomic E-state index is 0.280. The first-order chi connectivity index (χ1) is 5.18. The second kappa shape index (κ2) is 5.14. The van der Waals surface area contributed by atoms with Gasteiger partial charge in [0.15, 0.2) is 0 Å². The highest BCUT2D eigenvalue weighted by atomic mass is 16.1. The summed E-state index contributed by atoms with van der Waals surface area (Å²) in [6.07, 6.45) is 4.35. The molecule has 0 saturated carbocycles. The van der Waals surface area contributed by atoms with Crippen molar-refractivity contribution < 1.29 is 9.59 Å². The van der Waals surface area contributed by atoms with Crippen molar-refractivity contribution >= 4 is 12.0 Å². The van der Waals surface area contributed by atoms with Crippen LogP contribution < -0.4 is 5.73 Å². The lowest BCUT2D eigenvalue weighted by atomic mass is 10.2. The fraction of sp³-hybridized carbons (Fsp3) is 0.143. The van der Waals surface area contributed by atoms with Gasteiger partial charge >= 0.3 is 0 Å². The predicted octanol–water partition coefficient (Wildman–Crippen LogP) is 0.267. The number of hydrogen-bond acceptors (Lipinski definition) is 3. The summed E-state index contributed by atoms with van der Waals surface area (Å²) in [6.45, 7) is 3.39. The zero-order chi connectivity index (χ0) is 8.69. The minimum Gasteiger partial charge on any atom is -0.366 e. The first kappa shape index (κ1) is 9.33. The molecule has 0 aliphatic carbocycles. The van der Waals surface area contributed by atoms with Gasteiger partial charge in [-0.15, -0.1) is 0 Å². The molecule has 0 bridgehead atoms. The number of nitrogens with two attached hydrogens (primary N) is 1. The van der Waals surface area contributed by atoms with Crippen LogP contribution in [0.4, 0.5) is 0 Å².